The first-order valence-electron chi connectivity index (χ1n) is 6.24. The van der Waals surface area contributed by atoms with Gasteiger partial charge in [0, 0.05) is 24.5 Å². The van der Waals surface area contributed by atoms with Crippen molar-refractivity contribution in [2.45, 2.75) is 32.0 Å². The highest BCUT2D eigenvalue weighted by Gasteiger charge is 2.30. The predicted molar refractivity (Wildman–Crippen MR) is 73.6 cm³/mol. The van der Waals surface area contributed by atoms with E-state index in [2.05, 4.69) is 0 Å². The molecule has 1 fully saturated rings. The van der Waals surface area contributed by atoms with Gasteiger partial charge in [-0.2, -0.15) is 0 Å². The van der Waals surface area contributed by atoms with Crippen LogP contribution in [0, 0.1) is 16.0 Å². The van der Waals surface area contributed by atoms with Crippen LogP contribution in [-0.4, -0.2) is 34.8 Å². The lowest BCUT2D eigenvalue weighted by Crippen LogP contribution is -2.37. The minimum Gasteiger partial charge on any atom is -0.393 e. The number of thiophene rings is 1. The van der Waals surface area contributed by atoms with Crippen LogP contribution in [0.2, 0.25) is 0 Å². The summed E-state index contributed by atoms with van der Waals surface area (Å²) < 4.78 is 0. The number of nitro groups is 1. The van der Waals surface area contributed by atoms with Crippen LogP contribution in [0.4, 0.5) is 10.7 Å². The van der Waals surface area contributed by atoms with E-state index in [4.69, 9.17) is 0 Å². The molecule has 0 unspecified atom stereocenters. The van der Waals surface area contributed by atoms with Crippen LogP contribution in [0.25, 0.3) is 0 Å². The maximum absolute atomic E-state index is 11.0. The standard InChI is InChI=1S/C12H18N2O4S/c1-7(15)11-5-10(14(17)18)12(19-11)13(2)6-8-3-9(16)4-8/h5,7-9,15-16H,3-4,6H2,1-2H3/t7-,8?,9?/m0/s1. The molecule has 0 aromatic carbocycles. The highest BCUT2D eigenvalue weighted by molar-refractivity contribution is 7.16. The zero-order valence-electron chi connectivity index (χ0n) is 10.9. The van der Waals surface area contributed by atoms with Crippen LogP contribution in [0.5, 0.6) is 0 Å². The molecule has 1 saturated carbocycles. The molecule has 2 N–H and O–H groups in total. The Morgan fingerprint density at radius 1 is 1.63 bits per heavy atom. The molecule has 0 saturated heterocycles. The summed E-state index contributed by atoms with van der Waals surface area (Å²) in [6.45, 7) is 2.29. The molecule has 7 heteroatoms. The maximum Gasteiger partial charge on any atom is 0.304 e. The third-order valence-electron chi connectivity index (χ3n) is 3.41. The van der Waals surface area contributed by atoms with Crippen LogP contribution in [0.3, 0.4) is 0 Å². The van der Waals surface area contributed by atoms with Crippen molar-refractivity contribution in [2.24, 2.45) is 5.92 Å². The first-order valence-corrected chi connectivity index (χ1v) is 7.05. The van der Waals surface area contributed by atoms with Crippen molar-refractivity contribution < 1.29 is 15.1 Å². The molecule has 19 heavy (non-hydrogen) atoms. The second-order valence-electron chi connectivity index (χ2n) is 5.14. The molecular formula is C12H18N2O4S. The number of hydrogen-bond donors (Lipinski definition) is 2. The molecule has 2 rings (SSSR count). The third-order valence-corrected chi connectivity index (χ3v) is 4.82. The summed E-state index contributed by atoms with van der Waals surface area (Å²) in [4.78, 5) is 13.1. The number of aliphatic hydroxyl groups is 2. The largest absolute Gasteiger partial charge is 0.393 e. The maximum atomic E-state index is 11.0. The van der Waals surface area contributed by atoms with E-state index in [-0.39, 0.29) is 11.8 Å². The lowest BCUT2D eigenvalue weighted by molar-refractivity contribution is -0.383. The zero-order valence-corrected chi connectivity index (χ0v) is 11.8. The topological polar surface area (TPSA) is 86.8 Å². The highest BCUT2D eigenvalue weighted by Crippen LogP contribution is 2.40. The van der Waals surface area contributed by atoms with Gasteiger partial charge in [0.25, 0.3) is 0 Å². The molecule has 0 amide bonds. The van der Waals surface area contributed by atoms with Gasteiger partial charge in [0.05, 0.1) is 17.1 Å². The molecule has 6 nitrogen and oxygen atoms in total. The van der Waals surface area contributed by atoms with Crippen LogP contribution < -0.4 is 4.90 Å². The first kappa shape index (κ1) is 14.2. The number of rotatable bonds is 5. The van der Waals surface area contributed by atoms with E-state index in [1.54, 1.807) is 6.92 Å². The minimum atomic E-state index is -0.698. The Morgan fingerprint density at radius 3 is 2.74 bits per heavy atom. The van der Waals surface area contributed by atoms with Crippen molar-refractivity contribution in [3.8, 4) is 0 Å². The monoisotopic (exact) mass is 286 g/mol. The average molecular weight is 286 g/mol. The summed E-state index contributed by atoms with van der Waals surface area (Å²) in [7, 11) is 1.81. The van der Waals surface area contributed by atoms with Gasteiger partial charge < -0.3 is 15.1 Å². The molecular weight excluding hydrogens is 268 g/mol. The summed E-state index contributed by atoms with van der Waals surface area (Å²) in [5, 5.41) is 30.4. The van der Waals surface area contributed by atoms with E-state index >= 15 is 0 Å². The molecule has 1 aliphatic carbocycles. The summed E-state index contributed by atoms with van der Waals surface area (Å²) >= 11 is 1.25. The van der Waals surface area contributed by atoms with E-state index in [0.717, 1.165) is 12.8 Å². The van der Waals surface area contributed by atoms with Crippen molar-refractivity contribution >= 4 is 22.0 Å². The van der Waals surface area contributed by atoms with E-state index in [9.17, 15) is 20.3 Å². The number of aliphatic hydroxyl groups excluding tert-OH is 2. The molecule has 106 valence electrons. The Kier molecular flexibility index (Phi) is 4.07. The SMILES string of the molecule is C[C@H](O)c1cc([N+](=O)[O-])c(N(C)CC2CC(O)C2)s1. The van der Waals surface area contributed by atoms with Crippen LogP contribution >= 0.6 is 11.3 Å². The minimum absolute atomic E-state index is 0.0447. The average Bonchev–Trinajstić information content (AvgIpc) is 2.71. The van der Waals surface area contributed by atoms with Gasteiger partial charge in [-0.1, -0.05) is 0 Å². The number of anilines is 1. The molecule has 1 heterocycles. The number of hydrogen-bond acceptors (Lipinski definition) is 6. The molecule has 0 spiro atoms. The quantitative estimate of drug-likeness (QED) is 0.638. The van der Waals surface area contributed by atoms with E-state index in [1.807, 2.05) is 11.9 Å². The zero-order chi connectivity index (χ0) is 14.2. The van der Waals surface area contributed by atoms with Crippen LogP contribution in [0.1, 0.15) is 30.7 Å². The van der Waals surface area contributed by atoms with E-state index in [1.165, 1.54) is 17.4 Å². The van der Waals surface area contributed by atoms with Crippen molar-refractivity contribution in [3.63, 3.8) is 0 Å². The van der Waals surface area contributed by atoms with Crippen LogP contribution in [-0.2, 0) is 0 Å². The molecule has 0 radical (unpaired) electrons. The lowest BCUT2D eigenvalue weighted by Gasteiger charge is -2.34. The van der Waals surface area contributed by atoms with Gasteiger partial charge in [0.2, 0.25) is 0 Å². The third kappa shape index (κ3) is 3.05. The Hall–Kier alpha value is -1.18. The molecule has 1 aliphatic rings. The highest BCUT2D eigenvalue weighted by atomic mass is 32.1. The fraction of sp³-hybridized carbons (Fsp3) is 0.667. The molecule has 0 bridgehead atoms. The van der Waals surface area contributed by atoms with Crippen LogP contribution in [0.15, 0.2) is 6.07 Å². The van der Waals surface area contributed by atoms with Gasteiger partial charge in [0.1, 0.15) is 0 Å². The van der Waals surface area contributed by atoms with Gasteiger partial charge in [-0.05, 0) is 25.7 Å². The van der Waals surface area contributed by atoms with Crippen molar-refractivity contribution in [2.75, 3.05) is 18.5 Å². The molecule has 1 aromatic heterocycles. The van der Waals surface area contributed by atoms with Crippen molar-refractivity contribution in [3.05, 3.63) is 21.1 Å². The lowest BCUT2D eigenvalue weighted by atomic mass is 9.82. The van der Waals surface area contributed by atoms with Gasteiger partial charge in [-0.15, -0.1) is 11.3 Å². The molecule has 1 aromatic rings. The Labute approximate surface area is 115 Å². The second kappa shape index (κ2) is 5.44. The Bertz CT molecular complexity index is 468. The Morgan fingerprint density at radius 2 is 2.26 bits per heavy atom. The fourth-order valence-corrected chi connectivity index (χ4v) is 3.35. The fourth-order valence-electron chi connectivity index (χ4n) is 2.32. The summed E-state index contributed by atoms with van der Waals surface area (Å²) in [6, 6.07) is 1.44. The first-order chi connectivity index (χ1) is 8.88. The van der Waals surface area contributed by atoms with Gasteiger partial charge in [-0.3, -0.25) is 10.1 Å². The van der Waals surface area contributed by atoms with E-state index < -0.39 is 11.0 Å². The Balaban J connectivity index is 2.14. The summed E-state index contributed by atoms with van der Waals surface area (Å²) in [5.41, 5.74) is 0.0447. The smallest absolute Gasteiger partial charge is 0.304 e. The molecule has 1 atom stereocenters. The normalized spacial score (nSPS) is 23.8. The van der Waals surface area contributed by atoms with Gasteiger partial charge >= 0.3 is 5.69 Å². The van der Waals surface area contributed by atoms with Crippen molar-refractivity contribution in [1.82, 2.24) is 0 Å². The second-order valence-corrected chi connectivity index (χ2v) is 6.21. The predicted octanol–water partition coefficient (Wildman–Crippen LogP) is 1.92. The van der Waals surface area contributed by atoms with Gasteiger partial charge in [0.15, 0.2) is 5.00 Å². The summed E-state index contributed by atoms with van der Waals surface area (Å²) in [5.74, 6) is 0.386. The van der Waals surface area contributed by atoms with Gasteiger partial charge in [-0.25, -0.2) is 0 Å². The number of nitrogens with zero attached hydrogens (tertiary/aromatic N) is 2. The van der Waals surface area contributed by atoms with E-state index in [0.29, 0.717) is 22.3 Å². The van der Waals surface area contributed by atoms with Crippen molar-refractivity contribution in [1.29, 1.82) is 0 Å². The summed E-state index contributed by atoms with van der Waals surface area (Å²) in [6.07, 6.45) is 0.598. The molecule has 0 aliphatic heterocycles.